The van der Waals surface area contributed by atoms with Crippen molar-refractivity contribution in [2.75, 3.05) is 26.6 Å². The average molecular weight is 378 g/mol. The Kier molecular flexibility index (Phi) is 6.79. The largest absolute Gasteiger partial charge is 0.493 e. The Morgan fingerprint density at radius 1 is 1.35 bits per heavy atom. The Labute approximate surface area is 156 Å². The third-order valence-electron chi connectivity index (χ3n) is 3.33. The number of nitrogen functional groups attached to an aromatic ring is 1. The summed E-state index contributed by atoms with van der Waals surface area (Å²) in [4.78, 5) is 16.6. The molecule has 8 nitrogen and oxygen atoms in total. The van der Waals surface area contributed by atoms with E-state index in [-0.39, 0.29) is 5.91 Å². The number of benzene rings is 1. The van der Waals surface area contributed by atoms with Gasteiger partial charge in [-0.3, -0.25) is 4.79 Å². The maximum atomic E-state index is 12.1. The van der Waals surface area contributed by atoms with Crippen molar-refractivity contribution < 1.29 is 19.0 Å². The number of hydrogen-bond acceptors (Lipinski definition) is 8. The van der Waals surface area contributed by atoms with Crippen molar-refractivity contribution in [1.82, 2.24) is 10.4 Å². The molecule has 2 rings (SSSR count). The van der Waals surface area contributed by atoms with Gasteiger partial charge >= 0.3 is 0 Å². The van der Waals surface area contributed by atoms with Gasteiger partial charge in [-0.2, -0.15) is 5.10 Å². The number of carbonyl (C=O) groups excluding carboxylic acids is 1. The van der Waals surface area contributed by atoms with Crippen LogP contribution in [0.15, 0.2) is 17.2 Å². The standard InChI is InChI=1S/C17H22N4O4S/c1-5-6-25-14-12(23-3)7-11(8-13(14)24-4)9-19-21-16(22)15-10(2)20-17(18)26-15/h7-9H,5-6H2,1-4H3,(H2,18,20)(H,21,22)/b19-9-. The number of rotatable bonds is 8. The lowest BCUT2D eigenvalue weighted by molar-refractivity contribution is 0.0958. The van der Waals surface area contributed by atoms with E-state index in [0.29, 0.717) is 45.1 Å². The van der Waals surface area contributed by atoms with Gasteiger partial charge in [-0.05, 0) is 25.5 Å². The predicted octanol–water partition coefficient (Wildman–Crippen LogP) is 2.60. The van der Waals surface area contributed by atoms with Gasteiger partial charge in [-0.1, -0.05) is 18.3 Å². The van der Waals surface area contributed by atoms with Crippen LogP contribution in [0.3, 0.4) is 0 Å². The molecule has 1 amide bonds. The lowest BCUT2D eigenvalue weighted by atomic mass is 10.2. The van der Waals surface area contributed by atoms with E-state index >= 15 is 0 Å². The summed E-state index contributed by atoms with van der Waals surface area (Å²) in [6, 6.07) is 3.50. The number of hydrogen-bond donors (Lipinski definition) is 2. The van der Waals surface area contributed by atoms with Crippen LogP contribution in [0.1, 0.15) is 34.3 Å². The smallest absolute Gasteiger partial charge is 0.283 e. The topological polar surface area (TPSA) is 108 Å². The third kappa shape index (κ3) is 4.63. The van der Waals surface area contributed by atoms with Crippen LogP contribution in [0, 0.1) is 6.92 Å². The molecule has 9 heteroatoms. The molecule has 0 saturated heterocycles. The van der Waals surface area contributed by atoms with Crippen molar-refractivity contribution in [2.24, 2.45) is 5.10 Å². The first-order valence-electron chi connectivity index (χ1n) is 7.95. The zero-order valence-electron chi connectivity index (χ0n) is 15.2. The first kappa shape index (κ1) is 19.5. The highest BCUT2D eigenvalue weighted by Crippen LogP contribution is 2.38. The zero-order chi connectivity index (χ0) is 19.1. The molecule has 1 aromatic heterocycles. The first-order chi connectivity index (χ1) is 12.5. The lowest BCUT2D eigenvalue weighted by Gasteiger charge is -2.14. The van der Waals surface area contributed by atoms with Crippen LogP contribution in [0.5, 0.6) is 17.2 Å². The summed E-state index contributed by atoms with van der Waals surface area (Å²) < 4.78 is 16.4. The van der Waals surface area contributed by atoms with Gasteiger partial charge in [0.2, 0.25) is 5.75 Å². The number of thiazole rings is 1. The molecule has 0 atom stereocenters. The van der Waals surface area contributed by atoms with Gasteiger partial charge in [-0.15, -0.1) is 0 Å². The SMILES string of the molecule is CCCOc1c(OC)cc(/C=N\NC(=O)c2sc(N)nc2C)cc1OC. The van der Waals surface area contributed by atoms with Gasteiger partial charge in [0, 0.05) is 5.56 Å². The quantitative estimate of drug-likeness (QED) is 0.540. The average Bonchev–Trinajstić information content (AvgIpc) is 2.97. The monoisotopic (exact) mass is 378 g/mol. The molecule has 0 radical (unpaired) electrons. The second-order valence-electron chi connectivity index (χ2n) is 5.27. The van der Waals surface area contributed by atoms with Gasteiger partial charge in [0.25, 0.3) is 5.91 Å². The van der Waals surface area contributed by atoms with Crippen molar-refractivity contribution in [3.63, 3.8) is 0 Å². The van der Waals surface area contributed by atoms with E-state index in [9.17, 15) is 4.79 Å². The molecule has 2 aromatic rings. The number of aryl methyl sites for hydroxylation is 1. The summed E-state index contributed by atoms with van der Waals surface area (Å²) in [6.07, 6.45) is 2.36. The highest BCUT2D eigenvalue weighted by Gasteiger charge is 2.15. The van der Waals surface area contributed by atoms with Crippen molar-refractivity contribution >= 4 is 28.6 Å². The minimum atomic E-state index is -0.366. The molecule has 1 aromatic carbocycles. The van der Waals surface area contributed by atoms with Crippen molar-refractivity contribution in [3.05, 3.63) is 28.3 Å². The van der Waals surface area contributed by atoms with Gasteiger partial charge in [-0.25, -0.2) is 10.4 Å². The second kappa shape index (κ2) is 9.04. The highest BCUT2D eigenvalue weighted by atomic mass is 32.1. The Bertz CT molecular complexity index is 779. The molecule has 26 heavy (non-hydrogen) atoms. The molecule has 0 aliphatic heterocycles. The van der Waals surface area contributed by atoms with Crippen LogP contribution >= 0.6 is 11.3 Å². The van der Waals surface area contributed by atoms with E-state index in [0.717, 1.165) is 17.8 Å². The maximum absolute atomic E-state index is 12.1. The minimum absolute atomic E-state index is 0.341. The van der Waals surface area contributed by atoms with Gasteiger partial charge in [0.1, 0.15) is 4.88 Å². The number of carbonyl (C=O) groups is 1. The Morgan fingerprint density at radius 2 is 2.00 bits per heavy atom. The number of hydrazone groups is 1. The van der Waals surface area contributed by atoms with Gasteiger partial charge in [0.15, 0.2) is 16.6 Å². The summed E-state index contributed by atoms with van der Waals surface area (Å²) in [7, 11) is 3.10. The van der Waals surface area contributed by atoms with Gasteiger partial charge < -0.3 is 19.9 Å². The maximum Gasteiger partial charge on any atom is 0.283 e. The van der Waals surface area contributed by atoms with Crippen molar-refractivity contribution in [3.8, 4) is 17.2 Å². The molecule has 0 spiro atoms. The molecule has 0 unspecified atom stereocenters. The van der Waals surface area contributed by atoms with Crippen LogP contribution in [-0.2, 0) is 0 Å². The fourth-order valence-corrected chi connectivity index (χ4v) is 2.89. The molecule has 0 aliphatic rings. The van der Waals surface area contributed by atoms with Crippen molar-refractivity contribution in [2.45, 2.75) is 20.3 Å². The molecule has 0 aliphatic carbocycles. The zero-order valence-corrected chi connectivity index (χ0v) is 16.0. The van der Waals surface area contributed by atoms with Crippen LogP contribution in [-0.4, -0.2) is 37.9 Å². The fraction of sp³-hybridized carbons (Fsp3) is 0.353. The summed E-state index contributed by atoms with van der Waals surface area (Å²) in [5.74, 6) is 1.22. The molecule has 140 valence electrons. The molecule has 1 heterocycles. The van der Waals surface area contributed by atoms with Crippen LogP contribution < -0.4 is 25.4 Å². The predicted molar refractivity (Wildman–Crippen MR) is 102 cm³/mol. The molecule has 0 bridgehead atoms. The van der Waals surface area contributed by atoms with E-state index in [4.69, 9.17) is 19.9 Å². The van der Waals surface area contributed by atoms with E-state index in [1.165, 1.54) is 6.21 Å². The number of ether oxygens (including phenoxy) is 3. The highest BCUT2D eigenvalue weighted by molar-refractivity contribution is 7.17. The van der Waals surface area contributed by atoms with Crippen LogP contribution in [0.25, 0.3) is 0 Å². The van der Waals surface area contributed by atoms with Crippen molar-refractivity contribution in [1.29, 1.82) is 0 Å². The Hall–Kier alpha value is -2.81. The van der Waals surface area contributed by atoms with Gasteiger partial charge in [0.05, 0.1) is 32.7 Å². The third-order valence-corrected chi connectivity index (χ3v) is 4.32. The number of nitrogens with two attached hydrogens (primary N) is 1. The van der Waals surface area contributed by atoms with E-state index < -0.39 is 0 Å². The molecule has 0 fully saturated rings. The molecular weight excluding hydrogens is 356 g/mol. The molecule has 0 saturated carbocycles. The van der Waals surface area contributed by atoms with Crippen LogP contribution in [0.2, 0.25) is 0 Å². The van der Waals surface area contributed by atoms with E-state index in [1.807, 2.05) is 6.92 Å². The number of nitrogens with one attached hydrogen (secondary N) is 1. The number of nitrogens with zero attached hydrogens (tertiary/aromatic N) is 2. The summed E-state index contributed by atoms with van der Waals surface area (Å²) >= 11 is 1.11. The number of amides is 1. The normalized spacial score (nSPS) is 10.8. The Morgan fingerprint density at radius 3 is 2.50 bits per heavy atom. The second-order valence-corrected chi connectivity index (χ2v) is 6.30. The first-order valence-corrected chi connectivity index (χ1v) is 8.76. The number of methoxy groups -OCH3 is 2. The summed E-state index contributed by atoms with van der Waals surface area (Å²) in [5.41, 5.74) is 9.31. The number of anilines is 1. The summed E-state index contributed by atoms with van der Waals surface area (Å²) in [5, 5.41) is 4.31. The van der Waals surface area contributed by atoms with E-state index in [2.05, 4.69) is 15.5 Å². The molecular formula is C17H22N4O4S. The molecule has 3 N–H and O–H groups in total. The lowest BCUT2D eigenvalue weighted by Crippen LogP contribution is -2.17. The fourth-order valence-electron chi connectivity index (χ4n) is 2.17. The number of aromatic nitrogens is 1. The minimum Gasteiger partial charge on any atom is -0.493 e. The Balaban J connectivity index is 2.16. The van der Waals surface area contributed by atoms with E-state index in [1.54, 1.807) is 33.3 Å². The summed E-state index contributed by atoms with van der Waals surface area (Å²) in [6.45, 7) is 4.28. The van der Waals surface area contributed by atoms with Crippen LogP contribution in [0.4, 0.5) is 5.13 Å².